The van der Waals surface area contributed by atoms with E-state index >= 15 is 0 Å². The molecule has 1 aromatic heterocycles. The van der Waals surface area contributed by atoms with Crippen molar-refractivity contribution in [3.8, 4) is 28.5 Å². The van der Waals surface area contributed by atoms with Gasteiger partial charge in [-0.25, -0.2) is 5.10 Å². The highest BCUT2D eigenvalue weighted by Gasteiger charge is 2.30. The second-order valence-corrected chi connectivity index (χ2v) is 5.85. The molecule has 0 bridgehead atoms. The molecule has 5 nitrogen and oxygen atoms in total. The van der Waals surface area contributed by atoms with Gasteiger partial charge in [-0.1, -0.05) is 23.4 Å². The van der Waals surface area contributed by atoms with Gasteiger partial charge in [-0.2, -0.15) is 18.4 Å². The van der Waals surface area contributed by atoms with Crippen molar-refractivity contribution in [2.75, 3.05) is 19.0 Å². The zero-order valence-corrected chi connectivity index (χ0v) is 14.0. The molecule has 3 rings (SSSR count). The van der Waals surface area contributed by atoms with Crippen LogP contribution in [0.5, 0.6) is 0 Å². The number of aromatic nitrogens is 3. The molecule has 8 heteroatoms. The minimum absolute atomic E-state index is 0.192. The maximum atomic E-state index is 13.1. The Bertz CT molecular complexity index is 983. The molecular weight excluding hydrogens is 343 g/mol. The number of benzene rings is 2. The van der Waals surface area contributed by atoms with Crippen LogP contribution in [0.15, 0.2) is 42.5 Å². The molecule has 0 fully saturated rings. The highest BCUT2D eigenvalue weighted by Crippen LogP contribution is 2.37. The first-order valence-electron chi connectivity index (χ1n) is 7.62. The smallest absolute Gasteiger partial charge is 0.377 e. The Morgan fingerprint density at radius 2 is 1.85 bits per heavy atom. The molecule has 0 aliphatic rings. The van der Waals surface area contributed by atoms with E-state index in [2.05, 4.69) is 15.4 Å². The molecule has 3 aromatic rings. The van der Waals surface area contributed by atoms with Crippen LogP contribution in [0.4, 0.5) is 18.9 Å². The van der Waals surface area contributed by atoms with Crippen molar-refractivity contribution >= 4 is 5.69 Å². The topological polar surface area (TPSA) is 68.6 Å². The average Bonchev–Trinajstić information content (AvgIpc) is 3.09. The molecule has 0 unspecified atom stereocenters. The van der Waals surface area contributed by atoms with Crippen LogP contribution < -0.4 is 4.90 Å². The molecule has 0 amide bonds. The van der Waals surface area contributed by atoms with Gasteiger partial charge in [0.15, 0.2) is 5.69 Å². The lowest BCUT2D eigenvalue weighted by molar-refractivity contribution is -0.137. The SMILES string of the molecule is CN(C)c1ccc(-c2nn[nH]c2C#N)cc1-c1cccc(C(F)(F)F)c1. The first-order valence-corrected chi connectivity index (χ1v) is 7.62. The van der Waals surface area contributed by atoms with E-state index in [0.29, 0.717) is 22.4 Å². The number of aromatic amines is 1. The molecule has 0 spiro atoms. The molecule has 1 heterocycles. The Kier molecular flexibility index (Phi) is 4.38. The van der Waals surface area contributed by atoms with Gasteiger partial charge in [0.1, 0.15) is 11.8 Å². The molecule has 0 aliphatic heterocycles. The van der Waals surface area contributed by atoms with Gasteiger partial charge < -0.3 is 4.90 Å². The summed E-state index contributed by atoms with van der Waals surface area (Å²) in [6.45, 7) is 0. The summed E-state index contributed by atoms with van der Waals surface area (Å²) in [6, 6.07) is 12.3. The third kappa shape index (κ3) is 3.24. The lowest BCUT2D eigenvalue weighted by Gasteiger charge is -2.19. The van der Waals surface area contributed by atoms with Gasteiger partial charge >= 0.3 is 6.18 Å². The van der Waals surface area contributed by atoms with Crippen LogP contribution in [0.25, 0.3) is 22.4 Å². The third-order valence-corrected chi connectivity index (χ3v) is 3.91. The van der Waals surface area contributed by atoms with Crippen molar-refractivity contribution < 1.29 is 13.2 Å². The Balaban J connectivity index is 2.20. The van der Waals surface area contributed by atoms with E-state index in [1.54, 1.807) is 24.3 Å². The normalized spacial score (nSPS) is 11.2. The minimum atomic E-state index is -4.42. The minimum Gasteiger partial charge on any atom is -0.377 e. The monoisotopic (exact) mass is 357 g/mol. The largest absolute Gasteiger partial charge is 0.416 e. The maximum Gasteiger partial charge on any atom is 0.416 e. The van der Waals surface area contributed by atoms with Crippen LogP contribution in [-0.4, -0.2) is 29.5 Å². The van der Waals surface area contributed by atoms with Gasteiger partial charge in [-0.15, -0.1) is 5.10 Å². The van der Waals surface area contributed by atoms with Crippen LogP contribution in [0.3, 0.4) is 0 Å². The lowest BCUT2D eigenvalue weighted by atomic mass is 9.97. The number of nitriles is 1. The van der Waals surface area contributed by atoms with Gasteiger partial charge in [0.25, 0.3) is 0 Å². The second kappa shape index (κ2) is 6.52. The number of hydrogen-bond donors (Lipinski definition) is 1. The molecular formula is C18H14F3N5. The maximum absolute atomic E-state index is 13.1. The number of nitrogens with one attached hydrogen (secondary N) is 1. The molecule has 2 aromatic carbocycles. The van der Waals surface area contributed by atoms with Crippen LogP contribution in [0, 0.1) is 11.3 Å². The van der Waals surface area contributed by atoms with Crippen molar-refractivity contribution in [2.24, 2.45) is 0 Å². The quantitative estimate of drug-likeness (QED) is 0.766. The zero-order valence-electron chi connectivity index (χ0n) is 14.0. The fourth-order valence-electron chi connectivity index (χ4n) is 2.68. The number of nitrogens with zero attached hydrogens (tertiary/aromatic N) is 4. The standard InChI is InChI=1S/C18H14F3N5/c1-26(2)16-7-6-12(17-15(10-22)23-25-24-17)9-14(16)11-4-3-5-13(8-11)18(19,20)21/h3-9H,1-2H3,(H,23,24,25). The fraction of sp³-hybridized carbons (Fsp3) is 0.167. The van der Waals surface area contributed by atoms with Crippen LogP contribution >= 0.6 is 0 Å². The average molecular weight is 357 g/mol. The first kappa shape index (κ1) is 17.5. The summed E-state index contributed by atoms with van der Waals surface area (Å²) in [5, 5.41) is 19.1. The summed E-state index contributed by atoms with van der Waals surface area (Å²) in [5.74, 6) is 0. The van der Waals surface area contributed by atoms with Crippen molar-refractivity contribution in [1.82, 2.24) is 15.4 Å². The van der Waals surface area contributed by atoms with E-state index in [1.165, 1.54) is 6.07 Å². The van der Waals surface area contributed by atoms with E-state index in [-0.39, 0.29) is 5.69 Å². The molecule has 0 atom stereocenters. The van der Waals surface area contributed by atoms with Crippen LogP contribution in [0.2, 0.25) is 0 Å². The number of alkyl halides is 3. The van der Waals surface area contributed by atoms with E-state index in [1.807, 2.05) is 25.1 Å². The Morgan fingerprint density at radius 1 is 1.08 bits per heavy atom. The molecule has 0 aliphatic carbocycles. The summed E-state index contributed by atoms with van der Waals surface area (Å²) in [4.78, 5) is 1.81. The van der Waals surface area contributed by atoms with E-state index in [0.717, 1.165) is 17.8 Å². The van der Waals surface area contributed by atoms with E-state index in [4.69, 9.17) is 5.26 Å². The molecule has 26 heavy (non-hydrogen) atoms. The van der Waals surface area contributed by atoms with Crippen LogP contribution in [-0.2, 0) is 6.18 Å². The predicted octanol–water partition coefficient (Wildman–Crippen LogP) is 4.10. The second-order valence-electron chi connectivity index (χ2n) is 5.85. The summed E-state index contributed by atoms with van der Waals surface area (Å²) in [6.07, 6.45) is -4.42. The zero-order chi connectivity index (χ0) is 18.9. The Hall–Kier alpha value is -3.34. The van der Waals surface area contributed by atoms with Gasteiger partial charge in [-0.3, -0.25) is 0 Å². The van der Waals surface area contributed by atoms with Crippen molar-refractivity contribution in [3.63, 3.8) is 0 Å². The molecule has 132 valence electrons. The highest BCUT2D eigenvalue weighted by atomic mass is 19.4. The summed E-state index contributed by atoms with van der Waals surface area (Å²) < 4.78 is 39.2. The van der Waals surface area contributed by atoms with E-state index in [9.17, 15) is 13.2 Å². The number of hydrogen-bond acceptors (Lipinski definition) is 4. The summed E-state index contributed by atoms with van der Waals surface area (Å²) >= 11 is 0. The third-order valence-electron chi connectivity index (χ3n) is 3.91. The summed E-state index contributed by atoms with van der Waals surface area (Å²) in [5.41, 5.74) is 2.19. The van der Waals surface area contributed by atoms with Gasteiger partial charge in [0, 0.05) is 30.9 Å². The van der Waals surface area contributed by atoms with Crippen molar-refractivity contribution in [3.05, 3.63) is 53.7 Å². The van der Waals surface area contributed by atoms with Gasteiger partial charge in [0.05, 0.1) is 5.56 Å². The van der Waals surface area contributed by atoms with Crippen molar-refractivity contribution in [1.29, 1.82) is 5.26 Å². The van der Waals surface area contributed by atoms with Gasteiger partial charge in [0.2, 0.25) is 0 Å². The Morgan fingerprint density at radius 3 is 2.50 bits per heavy atom. The lowest BCUT2D eigenvalue weighted by Crippen LogP contribution is -2.10. The number of halogens is 3. The van der Waals surface area contributed by atoms with E-state index < -0.39 is 11.7 Å². The highest BCUT2D eigenvalue weighted by molar-refractivity contribution is 5.83. The molecule has 1 N–H and O–H groups in total. The predicted molar refractivity (Wildman–Crippen MR) is 91.3 cm³/mol. The number of rotatable bonds is 3. The number of anilines is 1. The number of H-pyrrole nitrogens is 1. The van der Waals surface area contributed by atoms with Gasteiger partial charge in [-0.05, 0) is 29.8 Å². The first-order chi connectivity index (χ1) is 12.3. The van der Waals surface area contributed by atoms with Crippen molar-refractivity contribution in [2.45, 2.75) is 6.18 Å². The molecule has 0 saturated carbocycles. The molecule has 0 saturated heterocycles. The molecule has 0 radical (unpaired) electrons. The Labute approximate surface area is 147 Å². The fourth-order valence-corrected chi connectivity index (χ4v) is 2.68. The van der Waals surface area contributed by atoms with Crippen LogP contribution in [0.1, 0.15) is 11.3 Å². The summed E-state index contributed by atoms with van der Waals surface area (Å²) in [7, 11) is 3.62.